The maximum atomic E-state index is 12.1. The van der Waals surface area contributed by atoms with Crippen LogP contribution in [-0.2, 0) is 28.7 Å². The topological polar surface area (TPSA) is 113 Å². The minimum absolute atomic E-state index is 0. The fourth-order valence-electron chi connectivity index (χ4n) is 6.14. The van der Waals surface area contributed by atoms with Gasteiger partial charge in [0.2, 0.25) is 0 Å². The number of ether oxygens (including phenoxy) is 2. The zero-order valence-corrected chi connectivity index (χ0v) is 31.6. The summed E-state index contributed by atoms with van der Waals surface area (Å²) < 4.78 is 9.73. The predicted molar refractivity (Wildman–Crippen MR) is 213 cm³/mol. The van der Waals surface area contributed by atoms with E-state index in [0.717, 1.165) is 25.7 Å². The molecule has 0 saturated carbocycles. The van der Waals surface area contributed by atoms with E-state index in [-0.39, 0.29) is 84.8 Å². The van der Waals surface area contributed by atoms with Crippen LogP contribution < -0.4 is 5.73 Å². The van der Waals surface area contributed by atoms with E-state index in [1.54, 1.807) is 0 Å². The average Bonchev–Trinajstić information content (AvgIpc) is 3.07. The number of carbonyl (C=O) groups is 4. The van der Waals surface area contributed by atoms with Gasteiger partial charge in [0.25, 0.3) is 0 Å². The molecule has 0 fully saturated rings. The Bertz CT molecular complexity index is 782. The predicted octanol–water partition coefficient (Wildman–Crippen LogP) is 10.5. The monoisotopic (exact) mass is 728 g/mol. The van der Waals surface area contributed by atoms with Crippen LogP contribution in [0.4, 0.5) is 0 Å². The SMILES string of the molecule is CCCCCCCCCCCCCCCCCC(=O)OC(=O)CC[C@H](N)C(=O)OC(=O)CCCCCCCCCCCCCCCCC.[NaH].[NaH]. The number of rotatable bonds is 36. The molecule has 0 heterocycles. The summed E-state index contributed by atoms with van der Waals surface area (Å²) in [6, 6.07) is -1.10. The van der Waals surface area contributed by atoms with Crippen LogP contribution in [0.2, 0.25) is 0 Å². The second-order valence-corrected chi connectivity index (χ2v) is 14.2. The van der Waals surface area contributed by atoms with E-state index < -0.39 is 29.9 Å². The van der Waals surface area contributed by atoms with Gasteiger partial charge < -0.3 is 15.2 Å². The first kappa shape index (κ1) is 54.6. The molecular formula is C41H79NNa2O6. The van der Waals surface area contributed by atoms with Crippen LogP contribution in [-0.4, -0.2) is 89.0 Å². The number of unbranched alkanes of at least 4 members (excludes halogenated alkanes) is 28. The molecule has 0 rings (SSSR count). The van der Waals surface area contributed by atoms with Gasteiger partial charge in [-0.3, -0.25) is 14.4 Å². The van der Waals surface area contributed by atoms with Gasteiger partial charge in [0.05, 0.1) is 0 Å². The van der Waals surface area contributed by atoms with Crippen molar-refractivity contribution in [3.8, 4) is 0 Å². The molecule has 50 heavy (non-hydrogen) atoms. The zero-order chi connectivity index (χ0) is 35.3. The summed E-state index contributed by atoms with van der Waals surface area (Å²) in [6.07, 6.45) is 37.6. The van der Waals surface area contributed by atoms with Gasteiger partial charge in [0, 0.05) is 19.3 Å². The number of carbonyl (C=O) groups excluding carboxylic acids is 4. The van der Waals surface area contributed by atoms with Crippen LogP contribution in [0.15, 0.2) is 0 Å². The fourth-order valence-corrected chi connectivity index (χ4v) is 6.14. The van der Waals surface area contributed by atoms with Gasteiger partial charge in [0.15, 0.2) is 0 Å². The molecule has 0 bridgehead atoms. The number of hydrogen-bond donors (Lipinski definition) is 1. The first-order valence-corrected chi connectivity index (χ1v) is 20.6. The molecule has 0 aliphatic carbocycles. The molecule has 0 saturated heterocycles. The van der Waals surface area contributed by atoms with Crippen LogP contribution in [0.3, 0.4) is 0 Å². The first-order valence-electron chi connectivity index (χ1n) is 20.6. The summed E-state index contributed by atoms with van der Waals surface area (Å²) in [4.78, 5) is 48.1. The Balaban J connectivity index is -0.0000110. The van der Waals surface area contributed by atoms with Gasteiger partial charge >= 0.3 is 83.0 Å². The molecule has 286 valence electrons. The van der Waals surface area contributed by atoms with Crippen LogP contribution in [0, 0.1) is 0 Å². The summed E-state index contributed by atoms with van der Waals surface area (Å²) in [6.45, 7) is 4.51. The third kappa shape index (κ3) is 41.0. The second-order valence-electron chi connectivity index (χ2n) is 14.2. The Kier molecular flexibility index (Phi) is 47.6. The third-order valence-corrected chi connectivity index (χ3v) is 9.37. The van der Waals surface area contributed by atoms with Crippen molar-refractivity contribution in [3.05, 3.63) is 0 Å². The van der Waals surface area contributed by atoms with Crippen LogP contribution in [0.5, 0.6) is 0 Å². The van der Waals surface area contributed by atoms with E-state index in [9.17, 15) is 19.2 Å². The quantitative estimate of drug-likeness (QED) is 0.0296. The van der Waals surface area contributed by atoms with Gasteiger partial charge in [0.1, 0.15) is 6.04 Å². The Morgan fingerprint density at radius 3 is 0.920 bits per heavy atom. The van der Waals surface area contributed by atoms with E-state index in [1.807, 2.05) is 0 Å². The van der Waals surface area contributed by atoms with Gasteiger partial charge in [-0.25, -0.2) is 4.79 Å². The van der Waals surface area contributed by atoms with Crippen molar-refractivity contribution in [3.63, 3.8) is 0 Å². The molecule has 0 aliphatic rings. The summed E-state index contributed by atoms with van der Waals surface area (Å²) in [5.74, 6) is -2.65. The van der Waals surface area contributed by atoms with Crippen molar-refractivity contribution in [1.29, 1.82) is 0 Å². The van der Waals surface area contributed by atoms with Crippen LogP contribution in [0.1, 0.15) is 232 Å². The van der Waals surface area contributed by atoms with Gasteiger partial charge in [-0.2, -0.15) is 0 Å². The Hall–Kier alpha value is 0.240. The average molecular weight is 728 g/mol. The van der Waals surface area contributed by atoms with Crippen molar-refractivity contribution in [2.24, 2.45) is 5.73 Å². The van der Waals surface area contributed by atoms with E-state index in [2.05, 4.69) is 13.8 Å². The van der Waals surface area contributed by atoms with Crippen molar-refractivity contribution in [2.75, 3.05) is 0 Å². The van der Waals surface area contributed by atoms with Gasteiger partial charge in [-0.05, 0) is 19.3 Å². The van der Waals surface area contributed by atoms with Crippen molar-refractivity contribution < 1.29 is 28.7 Å². The van der Waals surface area contributed by atoms with E-state index >= 15 is 0 Å². The zero-order valence-electron chi connectivity index (χ0n) is 31.6. The summed E-state index contributed by atoms with van der Waals surface area (Å²) in [7, 11) is 0. The number of esters is 4. The molecule has 1 atom stereocenters. The Labute approximate surface area is 352 Å². The first-order chi connectivity index (χ1) is 23.4. The fraction of sp³-hybridized carbons (Fsp3) is 0.902. The molecule has 2 N–H and O–H groups in total. The number of hydrogen-bond acceptors (Lipinski definition) is 7. The molecule has 0 unspecified atom stereocenters. The Morgan fingerprint density at radius 2 is 0.620 bits per heavy atom. The normalized spacial score (nSPS) is 11.3. The molecular weight excluding hydrogens is 648 g/mol. The Morgan fingerprint density at radius 1 is 0.380 bits per heavy atom. The van der Waals surface area contributed by atoms with E-state index in [0.29, 0.717) is 12.8 Å². The standard InChI is InChI=1S/C41H77NO6.2Na.2H/c1-3-5-7-9-11-13-15-17-19-21-23-25-27-29-31-33-38(43)47-40(45)36-35-37(42)41(46)48-39(44)34-32-30-28-26-24-22-20-18-16-14-12-10-8-6-4-2;;;;/h37H,3-36,42H2,1-2H3;;;;/t37-;;;;/m0..../s1. The molecule has 0 radical (unpaired) electrons. The van der Waals surface area contributed by atoms with Crippen molar-refractivity contribution in [2.45, 2.75) is 238 Å². The summed E-state index contributed by atoms with van der Waals surface area (Å²) in [5.41, 5.74) is 5.81. The second kappa shape index (κ2) is 43.6. The maximum absolute atomic E-state index is 12.1. The molecule has 7 nitrogen and oxygen atoms in total. The molecule has 0 aromatic rings. The molecule has 0 amide bonds. The van der Waals surface area contributed by atoms with Crippen molar-refractivity contribution in [1.82, 2.24) is 0 Å². The molecule has 0 aliphatic heterocycles. The van der Waals surface area contributed by atoms with E-state index in [1.165, 1.54) is 154 Å². The van der Waals surface area contributed by atoms with Gasteiger partial charge in [-0.1, -0.05) is 194 Å². The summed E-state index contributed by atoms with van der Waals surface area (Å²) >= 11 is 0. The van der Waals surface area contributed by atoms with Crippen molar-refractivity contribution >= 4 is 83.0 Å². The van der Waals surface area contributed by atoms with Crippen LogP contribution >= 0.6 is 0 Å². The molecule has 0 spiro atoms. The summed E-state index contributed by atoms with van der Waals surface area (Å²) in [5, 5.41) is 0. The van der Waals surface area contributed by atoms with E-state index in [4.69, 9.17) is 15.2 Å². The molecule has 9 heteroatoms. The molecule has 0 aromatic carbocycles. The minimum atomic E-state index is -1.10. The molecule has 0 aromatic heterocycles. The van der Waals surface area contributed by atoms with Gasteiger partial charge in [-0.15, -0.1) is 0 Å². The third-order valence-electron chi connectivity index (χ3n) is 9.37. The number of nitrogens with two attached hydrogens (primary N) is 1. The van der Waals surface area contributed by atoms with Crippen LogP contribution in [0.25, 0.3) is 0 Å².